The number of hydrogen-bond acceptors (Lipinski definition) is 4. The molecule has 0 aromatic heterocycles. The number of carbonyl (C=O) groups excluding carboxylic acids is 2. The van der Waals surface area contributed by atoms with Crippen LogP contribution in [0.2, 0.25) is 0 Å². The Morgan fingerprint density at radius 2 is 2.06 bits per heavy atom. The molecule has 0 bridgehead atoms. The molecule has 1 aromatic rings. The highest BCUT2D eigenvalue weighted by atomic mass is 16.3. The molecule has 0 fully saturated rings. The first kappa shape index (κ1) is 13.2. The molecule has 1 amide bonds. The van der Waals surface area contributed by atoms with Gasteiger partial charge >= 0.3 is 0 Å². The maximum Gasteiger partial charge on any atom is 0.237 e. The van der Waals surface area contributed by atoms with Crippen molar-refractivity contribution in [3.63, 3.8) is 0 Å². The molecule has 0 radical (unpaired) electrons. The first-order valence-corrected chi connectivity index (χ1v) is 5.32. The van der Waals surface area contributed by atoms with Crippen LogP contribution in [0.4, 0.5) is 0 Å². The monoisotopic (exact) mass is 236 g/mol. The van der Waals surface area contributed by atoms with Crippen LogP contribution in [0.15, 0.2) is 24.3 Å². The van der Waals surface area contributed by atoms with Crippen LogP contribution in [0.25, 0.3) is 0 Å². The van der Waals surface area contributed by atoms with Crippen LogP contribution in [0.3, 0.4) is 0 Å². The number of rotatable bonds is 5. The molecule has 0 aliphatic heterocycles. The fraction of sp³-hybridized carbons (Fsp3) is 0.333. The summed E-state index contributed by atoms with van der Waals surface area (Å²) in [6, 6.07) is 5.23. The second kappa shape index (κ2) is 6.00. The zero-order valence-electron chi connectivity index (χ0n) is 9.59. The Morgan fingerprint density at radius 1 is 1.47 bits per heavy atom. The van der Waals surface area contributed by atoms with Gasteiger partial charge in [0.1, 0.15) is 12.0 Å². The van der Waals surface area contributed by atoms with Gasteiger partial charge in [0.15, 0.2) is 0 Å². The van der Waals surface area contributed by atoms with Gasteiger partial charge in [-0.3, -0.25) is 4.79 Å². The molecule has 4 N–H and O–H groups in total. The van der Waals surface area contributed by atoms with E-state index in [2.05, 4.69) is 5.32 Å². The van der Waals surface area contributed by atoms with Gasteiger partial charge in [0.25, 0.3) is 0 Å². The summed E-state index contributed by atoms with van der Waals surface area (Å²) in [6.45, 7) is 1.58. The van der Waals surface area contributed by atoms with Crippen molar-refractivity contribution in [2.75, 3.05) is 0 Å². The van der Waals surface area contributed by atoms with Gasteiger partial charge in [-0.25, -0.2) is 0 Å². The second-order valence-corrected chi connectivity index (χ2v) is 3.91. The van der Waals surface area contributed by atoms with Gasteiger partial charge in [0.2, 0.25) is 5.91 Å². The number of benzene rings is 1. The minimum Gasteiger partial charge on any atom is -0.508 e. The smallest absolute Gasteiger partial charge is 0.237 e. The highest BCUT2D eigenvalue weighted by Gasteiger charge is 2.15. The van der Waals surface area contributed by atoms with Crippen molar-refractivity contribution in [2.24, 2.45) is 5.73 Å². The lowest BCUT2D eigenvalue weighted by atomic mass is 10.1. The molecule has 5 nitrogen and oxygen atoms in total. The average Bonchev–Trinajstić information content (AvgIpc) is 2.31. The molecule has 0 spiro atoms. The third kappa shape index (κ3) is 4.24. The lowest BCUT2D eigenvalue weighted by Gasteiger charge is -2.13. The molecule has 0 aliphatic carbocycles. The maximum absolute atomic E-state index is 11.5. The molecule has 17 heavy (non-hydrogen) atoms. The lowest BCUT2D eigenvalue weighted by Crippen LogP contribution is -2.46. The molecule has 0 aliphatic rings. The lowest BCUT2D eigenvalue weighted by molar-refractivity contribution is -0.124. The van der Waals surface area contributed by atoms with Crippen molar-refractivity contribution < 1.29 is 14.7 Å². The van der Waals surface area contributed by atoms with Crippen molar-refractivity contribution in [1.29, 1.82) is 0 Å². The molecule has 0 heterocycles. The van der Waals surface area contributed by atoms with E-state index >= 15 is 0 Å². The summed E-state index contributed by atoms with van der Waals surface area (Å²) in [4.78, 5) is 21.9. The van der Waals surface area contributed by atoms with Crippen LogP contribution in [0, 0.1) is 0 Å². The zero-order chi connectivity index (χ0) is 12.8. The van der Waals surface area contributed by atoms with E-state index in [-0.39, 0.29) is 11.7 Å². The van der Waals surface area contributed by atoms with Gasteiger partial charge < -0.3 is 21.0 Å². The van der Waals surface area contributed by atoms with Crippen molar-refractivity contribution in [3.8, 4) is 5.75 Å². The molecule has 92 valence electrons. The molecule has 1 rings (SSSR count). The van der Waals surface area contributed by atoms with Gasteiger partial charge in [-0.1, -0.05) is 12.1 Å². The number of nitrogens with one attached hydrogen (secondary N) is 1. The highest BCUT2D eigenvalue weighted by Crippen LogP contribution is 2.10. The van der Waals surface area contributed by atoms with Crippen LogP contribution in [-0.4, -0.2) is 29.4 Å². The van der Waals surface area contributed by atoms with E-state index in [1.54, 1.807) is 19.1 Å². The van der Waals surface area contributed by atoms with E-state index < -0.39 is 12.1 Å². The van der Waals surface area contributed by atoms with Crippen LogP contribution in [0.1, 0.15) is 12.5 Å². The van der Waals surface area contributed by atoms with E-state index in [0.29, 0.717) is 12.7 Å². The molecule has 1 unspecified atom stereocenters. The van der Waals surface area contributed by atoms with E-state index in [1.807, 2.05) is 0 Å². The zero-order valence-corrected chi connectivity index (χ0v) is 9.59. The number of nitrogens with two attached hydrogens (primary N) is 1. The van der Waals surface area contributed by atoms with Gasteiger partial charge in [-0.05, 0) is 31.0 Å². The number of hydrogen-bond donors (Lipinski definition) is 3. The largest absolute Gasteiger partial charge is 0.508 e. The Kier molecular flexibility index (Phi) is 4.66. The molecular weight excluding hydrogens is 220 g/mol. The summed E-state index contributed by atoms with van der Waals surface area (Å²) < 4.78 is 0. The normalized spacial score (nSPS) is 13.8. The first-order chi connectivity index (χ1) is 8.02. The number of aromatic hydroxyl groups is 1. The maximum atomic E-state index is 11.5. The Balaban J connectivity index is 2.53. The highest BCUT2D eigenvalue weighted by molar-refractivity contribution is 5.84. The quantitative estimate of drug-likeness (QED) is 0.626. The third-order valence-electron chi connectivity index (χ3n) is 2.30. The van der Waals surface area contributed by atoms with Crippen molar-refractivity contribution >= 4 is 12.2 Å². The summed E-state index contributed by atoms with van der Waals surface area (Å²) >= 11 is 0. The predicted octanol–water partition coefficient (Wildman–Crippen LogP) is -0.0344. The van der Waals surface area contributed by atoms with Crippen molar-refractivity contribution in [2.45, 2.75) is 25.4 Å². The minimum absolute atomic E-state index is 0.168. The van der Waals surface area contributed by atoms with Gasteiger partial charge in [-0.2, -0.15) is 0 Å². The van der Waals surface area contributed by atoms with Crippen LogP contribution in [-0.2, 0) is 16.0 Å². The van der Waals surface area contributed by atoms with Crippen LogP contribution < -0.4 is 11.1 Å². The molecule has 0 saturated heterocycles. The Labute approximate surface area is 99.6 Å². The second-order valence-electron chi connectivity index (χ2n) is 3.91. The number of phenolic OH excluding ortho intramolecular Hbond substituents is 1. The molecule has 5 heteroatoms. The minimum atomic E-state index is -0.707. The first-order valence-electron chi connectivity index (χ1n) is 5.32. The number of aldehydes is 1. The molecule has 1 aromatic carbocycles. The SMILES string of the molecule is CC(C=O)NC(=O)[C@@H](N)Cc1ccc(O)cc1. The topological polar surface area (TPSA) is 92.4 Å². The van der Waals surface area contributed by atoms with Crippen LogP contribution in [0.5, 0.6) is 5.75 Å². The number of carbonyl (C=O) groups is 2. The standard InChI is InChI=1S/C12H16N2O3/c1-8(7-15)14-12(17)11(13)6-9-2-4-10(16)5-3-9/h2-5,7-8,11,16H,6,13H2,1H3,(H,14,17)/t8?,11-/m0/s1. The number of phenols is 1. The van der Waals surface area contributed by atoms with Gasteiger partial charge in [-0.15, -0.1) is 0 Å². The van der Waals surface area contributed by atoms with Crippen LogP contribution >= 0.6 is 0 Å². The van der Waals surface area contributed by atoms with E-state index in [0.717, 1.165) is 5.56 Å². The third-order valence-corrected chi connectivity index (χ3v) is 2.30. The summed E-state index contributed by atoms with van der Waals surface area (Å²) in [5.41, 5.74) is 6.55. The van der Waals surface area contributed by atoms with E-state index in [1.165, 1.54) is 12.1 Å². The summed E-state index contributed by atoms with van der Waals surface area (Å²) in [5, 5.41) is 11.6. The fourth-order valence-corrected chi connectivity index (χ4v) is 1.34. The summed E-state index contributed by atoms with van der Waals surface area (Å²) in [7, 11) is 0. The average molecular weight is 236 g/mol. The van der Waals surface area contributed by atoms with E-state index in [4.69, 9.17) is 10.8 Å². The summed E-state index contributed by atoms with van der Waals surface area (Å²) in [6.07, 6.45) is 1.00. The van der Waals surface area contributed by atoms with E-state index in [9.17, 15) is 9.59 Å². The summed E-state index contributed by atoms with van der Waals surface area (Å²) in [5.74, 6) is -0.195. The predicted molar refractivity (Wildman–Crippen MR) is 63.5 cm³/mol. The van der Waals surface area contributed by atoms with Crippen molar-refractivity contribution in [3.05, 3.63) is 29.8 Å². The van der Waals surface area contributed by atoms with Gasteiger partial charge in [0.05, 0.1) is 12.1 Å². The molecular formula is C12H16N2O3. The molecule has 2 atom stereocenters. The van der Waals surface area contributed by atoms with Crippen molar-refractivity contribution in [1.82, 2.24) is 5.32 Å². The fourth-order valence-electron chi connectivity index (χ4n) is 1.34. The Bertz CT molecular complexity index is 389. The number of amides is 1. The van der Waals surface area contributed by atoms with Gasteiger partial charge in [0, 0.05) is 0 Å². The molecule has 0 saturated carbocycles. The Morgan fingerprint density at radius 3 is 2.59 bits per heavy atom. The Hall–Kier alpha value is -1.88.